The summed E-state index contributed by atoms with van der Waals surface area (Å²) in [6.07, 6.45) is 3.08. The molecule has 0 spiro atoms. The molecule has 0 radical (unpaired) electrons. The molecule has 0 aromatic heterocycles. The van der Waals surface area contributed by atoms with E-state index in [0.717, 1.165) is 11.1 Å². The van der Waals surface area contributed by atoms with Gasteiger partial charge in [0.1, 0.15) is 11.6 Å². The first-order chi connectivity index (χ1) is 9.61. The minimum Gasteiger partial charge on any atom is -0.497 e. The smallest absolute Gasteiger partial charge is 0.188 e. The van der Waals surface area contributed by atoms with Crippen LogP contribution in [0.5, 0.6) is 5.75 Å². The van der Waals surface area contributed by atoms with E-state index in [1.54, 1.807) is 12.1 Å². The Morgan fingerprint density at radius 2 is 1.95 bits per heavy atom. The second kappa shape index (κ2) is 6.15. The zero-order valence-electron chi connectivity index (χ0n) is 11.4. The van der Waals surface area contributed by atoms with Crippen LogP contribution in [-0.2, 0) is 0 Å². The van der Waals surface area contributed by atoms with Crippen LogP contribution in [0.3, 0.4) is 0 Å². The number of carbonyl (C=O) groups excluding carboxylic acids is 1. The summed E-state index contributed by atoms with van der Waals surface area (Å²) in [7, 11) is 1.45. The highest BCUT2D eigenvalue weighted by Crippen LogP contribution is 2.17. The fourth-order valence-electron chi connectivity index (χ4n) is 1.85. The molecule has 0 bridgehead atoms. The van der Waals surface area contributed by atoms with Crippen LogP contribution in [0.4, 0.5) is 4.39 Å². The molecule has 0 saturated heterocycles. The maximum atomic E-state index is 13.8. The van der Waals surface area contributed by atoms with E-state index in [-0.39, 0.29) is 11.3 Å². The molecule has 0 aliphatic rings. The Kier molecular flexibility index (Phi) is 4.31. The topological polar surface area (TPSA) is 26.3 Å². The van der Waals surface area contributed by atoms with Gasteiger partial charge >= 0.3 is 0 Å². The summed E-state index contributed by atoms with van der Waals surface area (Å²) in [6.45, 7) is 1.96. The highest BCUT2D eigenvalue weighted by molar-refractivity contribution is 6.07. The molecular weight excluding hydrogens is 255 g/mol. The van der Waals surface area contributed by atoms with E-state index < -0.39 is 5.82 Å². The van der Waals surface area contributed by atoms with Gasteiger partial charge in [-0.15, -0.1) is 0 Å². The Morgan fingerprint density at radius 3 is 2.60 bits per heavy atom. The predicted octanol–water partition coefficient (Wildman–Crippen LogP) is 4.04. The van der Waals surface area contributed by atoms with Crippen LogP contribution in [0.25, 0.3) is 6.08 Å². The van der Waals surface area contributed by atoms with Crippen molar-refractivity contribution in [3.8, 4) is 5.75 Å². The number of aryl methyl sites for hydroxylation is 1. The summed E-state index contributed by atoms with van der Waals surface area (Å²) >= 11 is 0. The molecule has 0 amide bonds. The van der Waals surface area contributed by atoms with Crippen LogP contribution in [0.15, 0.2) is 48.5 Å². The van der Waals surface area contributed by atoms with Crippen molar-refractivity contribution >= 4 is 11.9 Å². The van der Waals surface area contributed by atoms with Crippen LogP contribution in [-0.4, -0.2) is 12.9 Å². The van der Waals surface area contributed by atoms with Crippen LogP contribution < -0.4 is 4.74 Å². The van der Waals surface area contributed by atoms with Gasteiger partial charge in [0.15, 0.2) is 5.78 Å². The summed E-state index contributed by atoms with van der Waals surface area (Å²) in [6, 6.07) is 11.9. The molecule has 2 aromatic rings. The molecule has 2 aromatic carbocycles. The van der Waals surface area contributed by atoms with E-state index >= 15 is 0 Å². The Labute approximate surface area is 117 Å². The number of ketones is 1. The summed E-state index contributed by atoms with van der Waals surface area (Å²) in [5.74, 6) is -0.556. The Bertz CT molecular complexity index is 660. The summed E-state index contributed by atoms with van der Waals surface area (Å²) in [4.78, 5) is 12.0. The Hall–Kier alpha value is -2.42. The molecule has 2 rings (SSSR count). The first kappa shape index (κ1) is 14.0. The van der Waals surface area contributed by atoms with Gasteiger partial charge in [-0.25, -0.2) is 4.39 Å². The molecule has 0 aliphatic carbocycles. The van der Waals surface area contributed by atoms with Crippen molar-refractivity contribution in [3.63, 3.8) is 0 Å². The standard InChI is InChI=1S/C17H15FO2/c1-12-5-3-4-6-13(12)7-10-17(19)15-9-8-14(20-2)11-16(15)18/h3-11H,1-2H3/b10-7+. The third-order valence-electron chi connectivity index (χ3n) is 3.04. The number of hydrogen-bond acceptors (Lipinski definition) is 2. The van der Waals surface area contributed by atoms with Crippen LogP contribution in [0, 0.1) is 12.7 Å². The largest absolute Gasteiger partial charge is 0.497 e. The van der Waals surface area contributed by atoms with Gasteiger partial charge in [-0.05, 0) is 36.3 Å². The van der Waals surface area contributed by atoms with Crippen molar-refractivity contribution < 1.29 is 13.9 Å². The third kappa shape index (κ3) is 3.12. The van der Waals surface area contributed by atoms with E-state index in [0.29, 0.717) is 5.75 Å². The highest BCUT2D eigenvalue weighted by atomic mass is 19.1. The number of hydrogen-bond donors (Lipinski definition) is 0. The van der Waals surface area contributed by atoms with Crippen LogP contribution in [0.2, 0.25) is 0 Å². The summed E-state index contributed by atoms with van der Waals surface area (Å²) in [5.41, 5.74) is 2.04. The van der Waals surface area contributed by atoms with Crippen molar-refractivity contribution in [2.75, 3.05) is 7.11 Å². The van der Waals surface area contributed by atoms with Gasteiger partial charge in [0.2, 0.25) is 0 Å². The SMILES string of the molecule is COc1ccc(C(=O)/C=C/c2ccccc2C)c(F)c1. The maximum absolute atomic E-state index is 13.8. The maximum Gasteiger partial charge on any atom is 0.188 e. The van der Waals surface area contributed by atoms with Gasteiger partial charge in [-0.3, -0.25) is 4.79 Å². The zero-order chi connectivity index (χ0) is 14.5. The van der Waals surface area contributed by atoms with Crippen LogP contribution in [0.1, 0.15) is 21.5 Å². The first-order valence-corrected chi connectivity index (χ1v) is 6.23. The van der Waals surface area contributed by atoms with Gasteiger partial charge in [-0.2, -0.15) is 0 Å². The predicted molar refractivity (Wildman–Crippen MR) is 77.5 cm³/mol. The molecule has 102 valence electrons. The molecule has 0 atom stereocenters. The highest BCUT2D eigenvalue weighted by Gasteiger charge is 2.09. The minimum atomic E-state index is -0.580. The Morgan fingerprint density at radius 1 is 1.20 bits per heavy atom. The van der Waals surface area contributed by atoms with Crippen molar-refractivity contribution in [1.82, 2.24) is 0 Å². The Balaban J connectivity index is 2.22. The fraction of sp³-hybridized carbons (Fsp3) is 0.118. The number of methoxy groups -OCH3 is 1. The molecule has 0 aliphatic heterocycles. The van der Waals surface area contributed by atoms with E-state index in [2.05, 4.69) is 0 Å². The molecule has 3 heteroatoms. The number of rotatable bonds is 4. The van der Waals surface area contributed by atoms with Crippen molar-refractivity contribution in [2.45, 2.75) is 6.92 Å². The average molecular weight is 270 g/mol. The van der Waals surface area contributed by atoms with Gasteiger partial charge < -0.3 is 4.74 Å². The lowest BCUT2D eigenvalue weighted by Crippen LogP contribution is -1.99. The average Bonchev–Trinajstić information content (AvgIpc) is 2.46. The van der Waals surface area contributed by atoms with E-state index in [1.807, 2.05) is 31.2 Å². The number of carbonyl (C=O) groups is 1. The second-order valence-corrected chi connectivity index (χ2v) is 4.40. The van der Waals surface area contributed by atoms with Gasteiger partial charge in [-0.1, -0.05) is 30.3 Å². The van der Waals surface area contributed by atoms with Crippen molar-refractivity contribution in [3.05, 3.63) is 71.0 Å². The number of halogens is 1. The quantitative estimate of drug-likeness (QED) is 0.619. The van der Waals surface area contributed by atoms with E-state index in [4.69, 9.17) is 4.74 Å². The molecule has 20 heavy (non-hydrogen) atoms. The minimum absolute atomic E-state index is 0.0376. The van der Waals surface area contributed by atoms with Crippen molar-refractivity contribution in [2.24, 2.45) is 0 Å². The lowest BCUT2D eigenvalue weighted by molar-refractivity contribution is 0.104. The van der Waals surface area contributed by atoms with Gasteiger partial charge in [0.25, 0.3) is 0 Å². The molecule has 0 saturated carbocycles. The molecular formula is C17H15FO2. The monoisotopic (exact) mass is 270 g/mol. The lowest BCUT2D eigenvalue weighted by atomic mass is 10.1. The van der Waals surface area contributed by atoms with E-state index in [9.17, 15) is 9.18 Å². The van der Waals surface area contributed by atoms with E-state index in [1.165, 1.54) is 25.3 Å². The zero-order valence-corrected chi connectivity index (χ0v) is 11.4. The number of allylic oxidation sites excluding steroid dienone is 1. The molecule has 0 fully saturated rings. The van der Waals surface area contributed by atoms with Gasteiger partial charge in [0, 0.05) is 6.07 Å². The molecule has 2 nitrogen and oxygen atoms in total. The summed E-state index contributed by atoms with van der Waals surface area (Å²) < 4.78 is 18.7. The molecule has 0 N–H and O–H groups in total. The number of ether oxygens (including phenoxy) is 1. The van der Waals surface area contributed by atoms with Crippen molar-refractivity contribution in [1.29, 1.82) is 0 Å². The molecule has 0 heterocycles. The first-order valence-electron chi connectivity index (χ1n) is 6.23. The fourth-order valence-corrected chi connectivity index (χ4v) is 1.85. The second-order valence-electron chi connectivity index (χ2n) is 4.40. The third-order valence-corrected chi connectivity index (χ3v) is 3.04. The van der Waals surface area contributed by atoms with Gasteiger partial charge in [0.05, 0.1) is 12.7 Å². The summed E-state index contributed by atoms with van der Waals surface area (Å²) in [5, 5.41) is 0. The number of benzene rings is 2. The lowest BCUT2D eigenvalue weighted by Gasteiger charge is -2.03. The van der Waals surface area contributed by atoms with Crippen LogP contribution >= 0.6 is 0 Å². The molecule has 0 unspecified atom stereocenters. The normalized spacial score (nSPS) is 10.8.